The Hall–Kier alpha value is -1.79. The molecule has 1 unspecified atom stereocenters. The highest BCUT2D eigenvalue weighted by atomic mass is 16.5. The number of nitrogens with zero attached hydrogens (tertiary/aromatic N) is 1. The monoisotopic (exact) mass is 361 g/mol. The van der Waals surface area contributed by atoms with Crippen LogP contribution in [-0.2, 0) is 11.3 Å². The van der Waals surface area contributed by atoms with E-state index in [4.69, 9.17) is 9.47 Å². The summed E-state index contributed by atoms with van der Waals surface area (Å²) in [6.45, 7) is 3.85. The van der Waals surface area contributed by atoms with E-state index in [9.17, 15) is 5.11 Å². The molecule has 0 radical (unpaired) electrons. The van der Waals surface area contributed by atoms with Gasteiger partial charge in [0.05, 0.1) is 13.2 Å². The second-order valence-electron chi connectivity index (χ2n) is 7.42. The van der Waals surface area contributed by atoms with Crippen molar-refractivity contribution in [2.75, 3.05) is 40.0 Å². The first kappa shape index (κ1) is 19.0. The zero-order valence-electron chi connectivity index (χ0n) is 15.7. The van der Waals surface area contributed by atoms with Crippen LogP contribution < -0.4 is 15.4 Å². The molecule has 1 aliphatic heterocycles. The minimum Gasteiger partial charge on any atom is -0.493 e. The zero-order chi connectivity index (χ0) is 18.2. The molecule has 6 nitrogen and oxygen atoms in total. The van der Waals surface area contributed by atoms with Gasteiger partial charge in [-0.05, 0) is 37.7 Å². The summed E-state index contributed by atoms with van der Waals surface area (Å²) in [6.07, 6.45) is 4.29. The number of ether oxygens (including phenoxy) is 2. The fourth-order valence-corrected chi connectivity index (χ4v) is 3.27. The van der Waals surface area contributed by atoms with Gasteiger partial charge >= 0.3 is 0 Å². The van der Waals surface area contributed by atoms with E-state index in [0.29, 0.717) is 13.2 Å². The molecule has 1 saturated carbocycles. The van der Waals surface area contributed by atoms with Crippen LogP contribution in [0.25, 0.3) is 0 Å². The standard InChI is InChI=1S/C20H31N3O3/c1-21-19(23-14-20(8-10-24)9-11-25-15-20)22-12-17-4-2-3-5-18(17)26-13-16-6-7-16/h2-5,16,24H,6-15H2,1H3,(H2,21,22,23). The molecule has 0 bridgehead atoms. The number of hydrogen-bond donors (Lipinski definition) is 3. The average molecular weight is 361 g/mol. The number of para-hydroxylation sites is 1. The fourth-order valence-electron chi connectivity index (χ4n) is 3.27. The molecule has 2 fully saturated rings. The molecule has 0 aromatic heterocycles. The summed E-state index contributed by atoms with van der Waals surface area (Å²) in [5, 5.41) is 16.1. The Labute approximate surface area is 156 Å². The number of benzene rings is 1. The van der Waals surface area contributed by atoms with E-state index in [1.807, 2.05) is 18.2 Å². The molecule has 144 valence electrons. The molecular formula is C20H31N3O3. The molecule has 1 aromatic carbocycles. The van der Waals surface area contributed by atoms with Gasteiger partial charge in [-0.25, -0.2) is 0 Å². The number of aliphatic hydroxyl groups is 1. The Morgan fingerprint density at radius 1 is 1.35 bits per heavy atom. The summed E-state index contributed by atoms with van der Waals surface area (Å²) in [7, 11) is 1.77. The van der Waals surface area contributed by atoms with Crippen LogP contribution in [0.2, 0.25) is 0 Å². The number of rotatable bonds is 9. The van der Waals surface area contributed by atoms with E-state index in [2.05, 4.69) is 21.7 Å². The fraction of sp³-hybridized carbons (Fsp3) is 0.650. The predicted octanol–water partition coefficient (Wildman–Crippen LogP) is 1.93. The number of nitrogens with one attached hydrogen (secondary N) is 2. The maximum atomic E-state index is 9.35. The summed E-state index contributed by atoms with van der Waals surface area (Å²) >= 11 is 0. The van der Waals surface area contributed by atoms with Crippen LogP contribution >= 0.6 is 0 Å². The second-order valence-corrected chi connectivity index (χ2v) is 7.42. The van der Waals surface area contributed by atoms with Crippen LogP contribution in [0.15, 0.2) is 29.3 Å². The SMILES string of the molecule is CN=C(NCc1ccccc1OCC1CC1)NCC1(CCO)CCOC1. The Morgan fingerprint density at radius 3 is 2.88 bits per heavy atom. The maximum Gasteiger partial charge on any atom is 0.191 e. The highest BCUT2D eigenvalue weighted by Gasteiger charge is 2.34. The van der Waals surface area contributed by atoms with Crippen molar-refractivity contribution in [3.05, 3.63) is 29.8 Å². The summed E-state index contributed by atoms with van der Waals surface area (Å²) in [5.41, 5.74) is 1.13. The van der Waals surface area contributed by atoms with Crippen molar-refractivity contribution in [2.24, 2.45) is 16.3 Å². The number of guanidine groups is 1. The minimum atomic E-state index is -0.00233. The normalized spacial score (nSPS) is 23.1. The quantitative estimate of drug-likeness (QED) is 0.463. The van der Waals surface area contributed by atoms with E-state index < -0.39 is 0 Å². The predicted molar refractivity (Wildman–Crippen MR) is 102 cm³/mol. The molecular weight excluding hydrogens is 330 g/mol. The van der Waals surface area contributed by atoms with Crippen molar-refractivity contribution in [3.63, 3.8) is 0 Å². The summed E-state index contributed by atoms with van der Waals surface area (Å²) in [5.74, 6) is 2.44. The van der Waals surface area contributed by atoms with Gasteiger partial charge in [-0.2, -0.15) is 0 Å². The third-order valence-electron chi connectivity index (χ3n) is 5.27. The van der Waals surface area contributed by atoms with Crippen molar-refractivity contribution < 1.29 is 14.6 Å². The lowest BCUT2D eigenvalue weighted by Gasteiger charge is -2.27. The summed E-state index contributed by atoms with van der Waals surface area (Å²) in [6, 6.07) is 8.16. The topological polar surface area (TPSA) is 75.1 Å². The molecule has 3 rings (SSSR count). The van der Waals surface area contributed by atoms with Crippen LogP contribution in [0.4, 0.5) is 0 Å². The van der Waals surface area contributed by atoms with Crippen molar-refractivity contribution in [1.82, 2.24) is 10.6 Å². The van der Waals surface area contributed by atoms with E-state index in [-0.39, 0.29) is 12.0 Å². The minimum absolute atomic E-state index is 0.00233. The molecule has 3 N–H and O–H groups in total. The molecule has 1 aromatic rings. The molecule has 1 heterocycles. The molecule has 26 heavy (non-hydrogen) atoms. The zero-order valence-corrected chi connectivity index (χ0v) is 15.7. The van der Waals surface area contributed by atoms with Crippen LogP contribution in [0.3, 0.4) is 0 Å². The van der Waals surface area contributed by atoms with Gasteiger partial charge in [0.2, 0.25) is 0 Å². The first-order valence-corrected chi connectivity index (χ1v) is 9.58. The Balaban J connectivity index is 1.51. The van der Waals surface area contributed by atoms with E-state index >= 15 is 0 Å². The molecule has 1 saturated heterocycles. The van der Waals surface area contributed by atoms with Crippen LogP contribution in [0, 0.1) is 11.3 Å². The highest BCUT2D eigenvalue weighted by Crippen LogP contribution is 2.31. The van der Waals surface area contributed by atoms with Crippen LogP contribution in [0.5, 0.6) is 5.75 Å². The molecule has 1 aliphatic carbocycles. The van der Waals surface area contributed by atoms with Gasteiger partial charge in [-0.1, -0.05) is 18.2 Å². The van der Waals surface area contributed by atoms with Gasteiger partial charge in [0.15, 0.2) is 5.96 Å². The average Bonchev–Trinajstić information content (AvgIpc) is 3.39. The highest BCUT2D eigenvalue weighted by molar-refractivity contribution is 5.79. The first-order chi connectivity index (χ1) is 12.7. The second kappa shape index (κ2) is 9.24. The number of hydrogen-bond acceptors (Lipinski definition) is 4. The van der Waals surface area contributed by atoms with Crippen molar-refractivity contribution in [2.45, 2.75) is 32.2 Å². The van der Waals surface area contributed by atoms with Gasteiger partial charge < -0.3 is 25.2 Å². The third kappa shape index (κ3) is 5.35. The summed E-state index contributed by atoms with van der Waals surface area (Å²) < 4.78 is 11.5. The van der Waals surface area contributed by atoms with Crippen LogP contribution in [0.1, 0.15) is 31.2 Å². The number of aliphatic hydroxyl groups excluding tert-OH is 1. The Kier molecular flexibility index (Phi) is 6.74. The molecule has 6 heteroatoms. The van der Waals surface area contributed by atoms with Gasteiger partial charge in [0, 0.05) is 44.3 Å². The maximum absolute atomic E-state index is 9.35. The Bertz CT molecular complexity index is 596. The van der Waals surface area contributed by atoms with Crippen LogP contribution in [-0.4, -0.2) is 51.1 Å². The van der Waals surface area contributed by atoms with Crippen molar-refractivity contribution >= 4 is 5.96 Å². The molecule has 2 aliphatic rings. The van der Waals surface area contributed by atoms with E-state index in [0.717, 1.165) is 55.8 Å². The lowest BCUT2D eigenvalue weighted by molar-refractivity contribution is 0.127. The smallest absolute Gasteiger partial charge is 0.191 e. The first-order valence-electron chi connectivity index (χ1n) is 9.58. The van der Waals surface area contributed by atoms with E-state index in [1.54, 1.807) is 7.05 Å². The van der Waals surface area contributed by atoms with Gasteiger partial charge in [-0.3, -0.25) is 4.99 Å². The molecule has 0 amide bonds. The molecule has 0 spiro atoms. The summed E-state index contributed by atoms with van der Waals surface area (Å²) in [4.78, 5) is 4.32. The largest absolute Gasteiger partial charge is 0.493 e. The lowest BCUT2D eigenvalue weighted by Crippen LogP contribution is -2.44. The van der Waals surface area contributed by atoms with E-state index in [1.165, 1.54) is 12.8 Å². The third-order valence-corrected chi connectivity index (χ3v) is 5.27. The van der Waals surface area contributed by atoms with Gasteiger partial charge in [-0.15, -0.1) is 0 Å². The Morgan fingerprint density at radius 2 is 2.19 bits per heavy atom. The van der Waals surface area contributed by atoms with Crippen molar-refractivity contribution in [3.8, 4) is 5.75 Å². The number of aliphatic imine (C=N–C) groups is 1. The lowest BCUT2D eigenvalue weighted by atomic mass is 9.84. The van der Waals surface area contributed by atoms with Crippen molar-refractivity contribution in [1.29, 1.82) is 0 Å². The molecule has 1 atom stereocenters. The van der Waals surface area contributed by atoms with Gasteiger partial charge in [0.25, 0.3) is 0 Å². The van der Waals surface area contributed by atoms with Gasteiger partial charge in [0.1, 0.15) is 5.75 Å².